The molecule has 0 bridgehead atoms. The Kier molecular flexibility index (Phi) is 14.2. The summed E-state index contributed by atoms with van der Waals surface area (Å²) in [6, 6.07) is 0. The summed E-state index contributed by atoms with van der Waals surface area (Å²) < 4.78 is 0. The number of rotatable bonds is 5. The number of amidine groups is 1. The molecular weight excluding hydrogens is 216 g/mol. The van der Waals surface area contributed by atoms with Crippen molar-refractivity contribution < 1.29 is 0 Å². The topological polar surface area (TPSA) is 27.1 Å². The highest BCUT2D eigenvalue weighted by molar-refractivity contribution is 8.14. The summed E-state index contributed by atoms with van der Waals surface area (Å²) in [4.78, 5) is 1.74. The molecule has 0 radical (unpaired) electrons. The van der Waals surface area contributed by atoms with Crippen LogP contribution < -0.4 is 0 Å². The second-order valence-electron chi connectivity index (χ2n) is 3.88. The molecular formula is C13H28N2S. The van der Waals surface area contributed by atoms with E-state index >= 15 is 0 Å². The number of hydrogen-bond donors (Lipinski definition) is 1. The van der Waals surface area contributed by atoms with Gasteiger partial charge in [-0.15, -0.1) is 0 Å². The average Bonchev–Trinajstić information content (AvgIpc) is 2.26. The van der Waals surface area contributed by atoms with E-state index in [4.69, 9.17) is 5.41 Å². The predicted octanol–water partition coefficient (Wildman–Crippen LogP) is 4.72. The zero-order chi connectivity index (χ0) is 13.0. The molecule has 16 heavy (non-hydrogen) atoms. The van der Waals surface area contributed by atoms with E-state index < -0.39 is 0 Å². The fourth-order valence-electron chi connectivity index (χ4n) is 0.907. The Morgan fingerprint density at radius 2 is 1.94 bits per heavy atom. The first-order valence-corrected chi connectivity index (χ1v) is 7.01. The minimum Gasteiger partial charge on any atom is -0.332 e. The van der Waals surface area contributed by atoms with Crippen molar-refractivity contribution in [1.29, 1.82) is 5.41 Å². The maximum Gasteiger partial charge on any atom is 0.160 e. The standard InChI is InChI=1S/C10H20N2S.C3H8/c1-5-7-8-9(3)13-10(11)12(4)6-2;1-3-2/h6,9,11H,2,5,7-8H2,1,3-4H3;3H2,1-2H3. The van der Waals surface area contributed by atoms with Gasteiger partial charge in [0.1, 0.15) is 0 Å². The van der Waals surface area contributed by atoms with Gasteiger partial charge < -0.3 is 4.90 Å². The van der Waals surface area contributed by atoms with Crippen LogP contribution >= 0.6 is 11.8 Å². The monoisotopic (exact) mass is 244 g/mol. The van der Waals surface area contributed by atoms with Crippen LogP contribution in [-0.4, -0.2) is 22.4 Å². The summed E-state index contributed by atoms with van der Waals surface area (Å²) in [7, 11) is 1.86. The largest absolute Gasteiger partial charge is 0.332 e. The van der Waals surface area contributed by atoms with Gasteiger partial charge in [-0.2, -0.15) is 0 Å². The maximum atomic E-state index is 7.68. The van der Waals surface area contributed by atoms with E-state index in [1.54, 1.807) is 22.9 Å². The summed E-state index contributed by atoms with van der Waals surface area (Å²) in [5.41, 5.74) is 0. The average molecular weight is 244 g/mol. The number of hydrogen-bond acceptors (Lipinski definition) is 2. The molecule has 0 fully saturated rings. The summed E-state index contributed by atoms with van der Waals surface area (Å²) in [6.45, 7) is 12.2. The van der Waals surface area contributed by atoms with Gasteiger partial charge >= 0.3 is 0 Å². The number of nitrogens with zero attached hydrogens (tertiary/aromatic N) is 1. The lowest BCUT2D eigenvalue weighted by Gasteiger charge is -2.17. The smallest absolute Gasteiger partial charge is 0.160 e. The van der Waals surface area contributed by atoms with Crippen LogP contribution in [0.15, 0.2) is 12.8 Å². The fraction of sp³-hybridized carbons (Fsp3) is 0.769. The summed E-state index contributed by atoms with van der Waals surface area (Å²) in [5, 5.41) is 8.80. The third kappa shape index (κ3) is 11.6. The van der Waals surface area contributed by atoms with Gasteiger partial charge in [-0.3, -0.25) is 5.41 Å². The summed E-state index contributed by atoms with van der Waals surface area (Å²) >= 11 is 1.61. The van der Waals surface area contributed by atoms with Crippen molar-refractivity contribution in [2.45, 2.75) is 58.6 Å². The molecule has 0 aliphatic rings. The van der Waals surface area contributed by atoms with Gasteiger partial charge in [0.2, 0.25) is 0 Å². The lowest BCUT2D eigenvalue weighted by atomic mass is 10.2. The first kappa shape index (κ1) is 17.9. The van der Waals surface area contributed by atoms with Crippen LogP contribution in [-0.2, 0) is 0 Å². The molecule has 2 nitrogen and oxygen atoms in total. The second-order valence-corrected chi connectivity index (χ2v) is 5.30. The molecule has 0 aliphatic carbocycles. The van der Waals surface area contributed by atoms with Gasteiger partial charge in [-0.25, -0.2) is 0 Å². The maximum absolute atomic E-state index is 7.68. The van der Waals surface area contributed by atoms with Crippen LogP contribution in [0.1, 0.15) is 53.4 Å². The van der Waals surface area contributed by atoms with Crippen molar-refractivity contribution in [3.05, 3.63) is 12.8 Å². The van der Waals surface area contributed by atoms with E-state index in [0.29, 0.717) is 10.4 Å². The van der Waals surface area contributed by atoms with Crippen LogP contribution in [0.5, 0.6) is 0 Å². The SMILES string of the molecule is C=CN(C)C(=N)SC(C)CCCC.CCC. The van der Waals surface area contributed by atoms with Gasteiger partial charge in [-0.1, -0.05) is 65.3 Å². The Hall–Kier alpha value is -0.440. The van der Waals surface area contributed by atoms with Crippen LogP contribution in [0.2, 0.25) is 0 Å². The molecule has 0 saturated carbocycles. The molecule has 0 amide bonds. The zero-order valence-corrected chi connectivity index (χ0v) is 12.4. The normalized spacial score (nSPS) is 11.1. The van der Waals surface area contributed by atoms with Gasteiger partial charge in [-0.05, 0) is 12.6 Å². The molecule has 3 heteroatoms. The molecule has 96 valence electrons. The first-order chi connectivity index (χ1) is 7.53. The molecule has 0 aromatic heterocycles. The zero-order valence-electron chi connectivity index (χ0n) is 11.5. The Bertz CT molecular complexity index is 181. The highest BCUT2D eigenvalue weighted by atomic mass is 32.2. The fourth-order valence-corrected chi connectivity index (χ4v) is 1.81. The number of unbranched alkanes of at least 4 members (excludes halogenated alkanes) is 1. The highest BCUT2D eigenvalue weighted by Gasteiger charge is 2.07. The van der Waals surface area contributed by atoms with Crippen molar-refractivity contribution in [3.63, 3.8) is 0 Å². The van der Waals surface area contributed by atoms with Gasteiger partial charge in [0.15, 0.2) is 5.17 Å². The van der Waals surface area contributed by atoms with E-state index in [-0.39, 0.29) is 0 Å². The Balaban J connectivity index is 0. The Morgan fingerprint density at radius 3 is 2.31 bits per heavy atom. The van der Waals surface area contributed by atoms with Crippen molar-refractivity contribution in [2.24, 2.45) is 0 Å². The second kappa shape index (κ2) is 12.6. The lowest BCUT2D eigenvalue weighted by Crippen LogP contribution is -2.18. The van der Waals surface area contributed by atoms with Crippen LogP contribution in [0.25, 0.3) is 0 Å². The molecule has 0 spiro atoms. The lowest BCUT2D eigenvalue weighted by molar-refractivity contribution is 0.693. The number of thioether (sulfide) groups is 1. The van der Waals surface area contributed by atoms with Crippen molar-refractivity contribution in [1.82, 2.24) is 4.90 Å². The van der Waals surface area contributed by atoms with E-state index in [2.05, 4.69) is 34.3 Å². The Morgan fingerprint density at radius 1 is 1.44 bits per heavy atom. The van der Waals surface area contributed by atoms with Gasteiger partial charge in [0, 0.05) is 12.3 Å². The molecule has 1 N–H and O–H groups in total. The first-order valence-electron chi connectivity index (χ1n) is 6.13. The molecule has 0 aliphatic heterocycles. The van der Waals surface area contributed by atoms with E-state index in [1.807, 2.05) is 7.05 Å². The van der Waals surface area contributed by atoms with Crippen LogP contribution in [0, 0.1) is 5.41 Å². The molecule has 0 aromatic carbocycles. The molecule has 0 heterocycles. The molecule has 0 saturated heterocycles. The van der Waals surface area contributed by atoms with Crippen molar-refractivity contribution >= 4 is 16.9 Å². The predicted molar refractivity (Wildman–Crippen MR) is 78.2 cm³/mol. The quantitative estimate of drug-likeness (QED) is 0.559. The third-order valence-electron chi connectivity index (χ3n) is 1.87. The summed E-state index contributed by atoms with van der Waals surface area (Å²) in [5.74, 6) is 0. The third-order valence-corrected chi connectivity index (χ3v) is 3.02. The summed E-state index contributed by atoms with van der Waals surface area (Å²) in [6.07, 6.45) is 6.59. The minimum absolute atomic E-state index is 0.537. The van der Waals surface area contributed by atoms with E-state index in [0.717, 1.165) is 0 Å². The number of nitrogens with one attached hydrogen (secondary N) is 1. The molecule has 1 unspecified atom stereocenters. The molecule has 0 aromatic rings. The molecule has 0 rings (SSSR count). The van der Waals surface area contributed by atoms with Crippen LogP contribution in [0.3, 0.4) is 0 Å². The van der Waals surface area contributed by atoms with Crippen molar-refractivity contribution in [2.75, 3.05) is 7.05 Å². The van der Waals surface area contributed by atoms with Gasteiger partial charge in [0.05, 0.1) is 0 Å². The van der Waals surface area contributed by atoms with Crippen LogP contribution in [0.4, 0.5) is 0 Å². The van der Waals surface area contributed by atoms with E-state index in [1.165, 1.54) is 25.7 Å². The van der Waals surface area contributed by atoms with E-state index in [9.17, 15) is 0 Å². The highest BCUT2D eigenvalue weighted by Crippen LogP contribution is 2.18. The molecule has 1 atom stereocenters. The Labute approximate surface area is 106 Å². The van der Waals surface area contributed by atoms with Crippen molar-refractivity contribution in [3.8, 4) is 0 Å². The minimum atomic E-state index is 0.537. The van der Waals surface area contributed by atoms with Gasteiger partial charge in [0.25, 0.3) is 0 Å².